The van der Waals surface area contributed by atoms with Crippen LogP contribution < -0.4 is 0 Å². The van der Waals surface area contributed by atoms with Gasteiger partial charge < -0.3 is 9.64 Å². The normalized spacial score (nSPS) is 27.7. The molecule has 0 aromatic heterocycles. The smallest absolute Gasteiger partial charge is 0.328 e. The van der Waals surface area contributed by atoms with E-state index in [4.69, 9.17) is 4.74 Å². The number of halogens is 1. The zero-order valence-electron chi connectivity index (χ0n) is 17.7. The molecule has 0 radical (unpaired) electrons. The quantitative estimate of drug-likeness (QED) is 0.656. The summed E-state index contributed by atoms with van der Waals surface area (Å²) < 4.78 is 46.0. The molecule has 170 valence electrons. The van der Waals surface area contributed by atoms with E-state index in [1.54, 1.807) is 4.90 Å². The van der Waals surface area contributed by atoms with E-state index in [1.165, 1.54) is 29.6 Å². The fourth-order valence-corrected chi connectivity index (χ4v) is 7.01. The maximum absolute atomic E-state index is 14.0. The van der Waals surface area contributed by atoms with Gasteiger partial charge in [0.2, 0.25) is 15.9 Å². The summed E-state index contributed by atoms with van der Waals surface area (Å²) in [6.45, 7) is 0.301. The molecule has 0 N–H and O–H groups in total. The Kier molecular flexibility index (Phi) is 6.35. The minimum Gasteiger partial charge on any atom is -0.467 e. The Morgan fingerprint density at radius 1 is 1.06 bits per heavy atom. The van der Waals surface area contributed by atoms with Gasteiger partial charge in [0.15, 0.2) is 0 Å². The molecule has 0 spiro atoms. The first-order valence-corrected chi connectivity index (χ1v) is 12.4. The van der Waals surface area contributed by atoms with Crippen LogP contribution in [-0.4, -0.2) is 61.8 Å². The summed E-state index contributed by atoms with van der Waals surface area (Å²) >= 11 is 0. The molecule has 1 amide bonds. The number of hydrogen-bond acceptors (Lipinski definition) is 5. The Bertz CT molecular complexity index is 945. The molecule has 1 aromatic rings. The van der Waals surface area contributed by atoms with Gasteiger partial charge in [-0.1, -0.05) is 25.0 Å². The summed E-state index contributed by atoms with van der Waals surface area (Å²) in [6, 6.07) is 4.84. The van der Waals surface area contributed by atoms with Crippen molar-refractivity contribution in [2.45, 2.75) is 61.9 Å². The SMILES string of the molecule is COC(=O)[C@@H]1C[C@@H]2CCCC[C@@H]2N1C(=O)C1CCN(S(=O)(=O)c2ccccc2F)CC1. The number of esters is 1. The fraction of sp³-hybridized carbons (Fsp3) is 0.636. The summed E-state index contributed by atoms with van der Waals surface area (Å²) in [4.78, 5) is 27.3. The first-order valence-electron chi connectivity index (χ1n) is 11.0. The molecule has 7 nitrogen and oxygen atoms in total. The average Bonchev–Trinajstić information content (AvgIpc) is 3.18. The highest BCUT2D eigenvalue weighted by Gasteiger charge is 2.49. The summed E-state index contributed by atoms with van der Waals surface area (Å²) in [5.41, 5.74) is 0. The number of ether oxygens (including phenoxy) is 1. The third-order valence-corrected chi connectivity index (χ3v) is 9.01. The monoisotopic (exact) mass is 452 g/mol. The summed E-state index contributed by atoms with van der Waals surface area (Å²) in [6.07, 6.45) is 5.42. The van der Waals surface area contributed by atoms with E-state index in [2.05, 4.69) is 0 Å². The van der Waals surface area contributed by atoms with Crippen LogP contribution in [0, 0.1) is 17.7 Å². The number of piperidine rings is 1. The zero-order chi connectivity index (χ0) is 22.2. The fourth-order valence-electron chi connectivity index (χ4n) is 5.47. The number of hydrogen-bond donors (Lipinski definition) is 0. The molecule has 31 heavy (non-hydrogen) atoms. The van der Waals surface area contributed by atoms with Gasteiger partial charge in [-0.3, -0.25) is 4.79 Å². The van der Waals surface area contributed by atoms with E-state index < -0.39 is 21.9 Å². The summed E-state index contributed by atoms with van der Waals surface area (Å²) in [5, 5.41) is 0. The highest BCUT2D eigenvalue weighted by molar-refractivity contribution is 7.89. The molecular weight excluding hydrogens is 423 g/mol. The number of rotatable bonds is 4. The molecule has 2 aliphatic heterocycles. The Labute approximate surface area is 182 Å². The van der Waals surface area contributed by atoms with E-state index in [0.29, 0.717) is 25.2 Å². The van der Waals surface area contributed by atoms with Gasteiger partial charge in [0.25, 0.3) is 0 Å². The minimum atomic E-state index is -3.95. The Morgan fingerprint density at radius 2 is 1.74 bits per heavy atom. The highest BCUT2D eigenvalue weighted by Crippen LogP contribution is 2.41. The second-order valence-corrected chi connectivity index (χ2v) is 10.6. The average molecular weight is 453 g/mol. The van der Waals surface area contributed by atoms with E-state index >= 15 is 0 Å². The van der Waals surface area contributed by atoms with Crippen LogP contribution in [0.4, 0.5) is 4.39 Å². The molecule has 3 atom stereocenters. The molecule has 2 saturated heterocycles. The summed E-state index contributed by atoms with van der Waals surface area (Å²) in [7, 11) is -2.60. The van der Waals surface area contributed by atoms with Crippen LogP contribution in [0.3, 0.4) is 0 Å². The first kappa shape index (κ1) is 22.2. The Morgan fingerprint density at radius 3 is 2.42 bits per heavy atom. The molecule has 3 aliphatic rings. The van der Waals surface area contributed by atoms with Crippen molar-refractivity contribution in [1.29, 1.82) is 0 Å². The predicted molar refractivity (Wildman–Crippen MR) is 111 cm³/mol. The van der Waals surface area contributed by atoms with Crippen LogP contribution in [0.5, 0.6) is 0 Å². The second-order valence-electron chi connectivity index (χ2n) is 8.74. The number of methoxy groups -OCH3 is 1. The van der Waals surface area contributed by atoms with E-state index in [-0.39, 0.29) is 41.8 Å². The van der Waals surface area contributed by atoms with Gasteiger partial charge >= 0.3 is 5.97 Å². The molecule has 1 aliphatic carbocycles. The lowest BCUT2D eigenvalue weighted by Gasteiger charge is -2.38. The zero-order valence-corrected chi connectivity index (χ0v) is 18.5. The van der Waals surface area contributed by atoms with Crippen LogP contribution >= 0.6 is 0 Å². The van der Waals surface area contributed by atoms with Gasteiger partial charge in [-0.15, -0.1) is 0 Å². The number of nitrogens with zero attached hydrogens (tertiary/aromatic N) is 2. The van der Waals surface area contributed by atoms with Crippen LogP contribution in [0.1, 0.15) is 44.9 Å². The van der Waals surface area contributed by atoms with Crippen molar-refractivity contribution in [3.05, 3.63) is 30.1 Å². The van der Waals surface area contributed by atoms with E-state index in [9.17, 15) is 22.4 Å². The maximum atomic E-state index is 14.0. The number of fused-ring (bicyclic) bond motifs is 1. The van der Waals surface area contributed by atoms with Crippen LogP contribution in [0.15, 0.2) is 29.2 Å². The maximum Gasteiger partial charge on any atom is 0.328 e. The number of benzene rings is 1. The molecule has 2 heterocycles. The van der Waals surface area contributed by atoms with Crippen molar-refractivity contribution >= 4 is 21.9 Å². The number of likely N-dealkylation sites (tertiary alicyclic amines) is 1. The van der Waals surface area contributed by atoms with Crippen molar-refractivity contribution in [1.82, 2.24) is 9.21 Å². The molecule has 9 heteroatoms. The van der Waals surface area contributed by atoms with Crippen LogP contribution in [-0.2, 0) is 24.3 Å². The van der Waals surface area contributed by atoms with Gasteiger partial charge in [-0.2, -0.15) is 4.31 Å². The summed E-state index contributed by atoms with van der Waals surface area (Å²) in [5.74, 6) is -1.25. The third kappa shape index (κ3) is 4.09. The lowest BCUT2D eigenvalue weighted by atomic mass is 9.84. The molecule has 0 bridgehead atoms. The van der Waals surface area contributed by atoms with Gasteiger partial charge in [-0.25, -0.2) is 17.6 Å². The molecule has 1 saturated carbocycles. The number of sulfonamides is 1. The molecule has 0 unspecified atom stereocenters. The van der Waals surface area contributed by atoms with Gasteiger partial charge in [0.05, 0.1) is 7.11 Å². The highest BCUT2D eigenvalue weighted by atomic mass is 32.2. The van der Waals surface area contributed by atoms with Crippen molar-refractivity contribution in [3.8, 4) is 0 Å². The van der Waals surface area contributed by atoms with Crippen molar-refractivity contribution < 1.29 is 27.1 Å². The number of carbonyl (C=O) groups excluding carboxylic acids is 2. The topological polar surface area (TPSA) is 84.0 Å². The lowest BCUT2D eigenvalue weighted by molar-refractivity contribution is -0.154. The van der Waals surface area contributed by atoms with Crippen molar-refractivity contribution in [2.24, 2.45) is 11.8 Å². The lowest BCUT2D eigenvalue weighted by Crippen LogP contribution is -2.51. The van der Waals surface area contributed by atoms with Gasteiger partial charge in [0.1, 0.15) is 16.8 Å². The van der Waals surface area contributed by atoms with Crippen LogP contribution in [0.25, 0.3) is 0 Å². The third-order valence-electron chi connectivity index (χ3n) is 7.07. The Balaban J connectivity index is 1.47. The molecular formula is C22H29FN2O5S. The Hall–Kier alpha value is -2.00. The minimum absolute atomic E-state index is 0.0607. The first-order chi connectivity index (χ1) is 14.8. The van der Waals surface area contributed by atoms with E-state index in [0.717, 1.165) is 31.7 Å². The molecule has 4 rings (SSSR count). The van der Waals surface area contributed by atoms with Crippen molar-refractivity contribution in [2.75, 3.05) is 20.2 Å². The largest absolute Gasteiger partial charge is 0.467 e. The number of carbonyl (C=O) groups is 2. The predicted octanol–water partition coefficient (Wildman–Crippen LogP) is 2.56. The van der Waals surface area contributed by atoms with Crippen molar-refractivity contribution in [3.63, 3.8) is 0 Å². The van der Waals surface area contributed by atoms with Gasteiger partial charge in [0, 0.05) is 25.0 Å². The molecule has 3 fully saturated rings. The number of amides is 1. The van der Waals surface area contributed by atoms with E-state index in [1.807, 2.05) is 0 Å². The second kappa shape index (κ2) is 8.86. The van der Waals surface area contributed by atoms with Gasteiger partial charge in [-0.05, 0) is 50.2 Å². The standard InChI is InChI=1S/C22H29FN2O5S/c1-30-22(27)19-14-16-6-2-4-8-18(16)25(19)21(26)15-10-12-24(13-11-15)31(28,29)20-9-5-3-7-17(20)23/h3,5,7,9,15-16,18-19H,2,4,6,8,10-14H2,1H3/t16-,18-,19-/m0/s1. The van der Waals surface area contributed by atoms with Crippen LogP contribution in [0.2, 0.25) is 0 Å². The molecule has 1 aromatic carbocycles.